The molecule has 0 saturated heterocycles. The van der Waals surface area contributed by atoms with Crippen molar-refractivity contribution in [3.8, 4) is 0 Å². The van der Waals surface area contributed by atoms with Gasteiger partial charge in [-0.2, -0.15) is 0 Å². The average molecular weight is 350 g/mol. The Hall–Kier alpha value is -1.12. The monoisotopic (exact) mass is 349 g/mol. The number of hydrogen-bond donors (Lipinski definition) is 1. The number of benzene rings is 2. The fourth-order valence-electron chi connectivity index (χ4n) is 1.66. The number of nitrogens with one attached hydrogen (secondary N) is 1. The van der Waals surface area contributed by atoms with Crippen molar-refractivity contribution in [2.75, 3.05) is 4.72 Å². The number of nitrogens with zero attached hydrogens (tertiary/aromatic N) is 1. The zero-order valence-corrected chi connectivity index (χ0v) is 15.5. The SMILES string of the molecule is Cc1ccc(S(=O)(=O)Nc2ccc(Cl)cc2[N+](=O)[O-])cc1.[Na]. The first-order valence-corrected chi connectivity index (χ1v) is 7.69. The Bertz CT molecular complexity index is 794. The summed E-state index contributed by atoms with van der Waals surface area (Å²) in [4.78, 5) is 10.3. The maximum Gasteiger partial charge on any atom is 0.294 e. The van der Waals surface area contributed by atoms with Crippen molar-refractivity contribution in [3.05, 3.63) is 63.2 Å². The number of rotatable bonds is 4. The number of nitro groups is 1. The number of sulfonamides is 1. The molecule has 0 aliphatic heterocycles. The van der Waals surface area contributed by atoms with E-state index in [-0.39, 0.29) is 45.2 Å². The third-order valence-electron chi connectivity index (χ3n) is 2.73. The molecule has 9 heteroatoms. The van der Waals surface area contributed by atoms with Gasteiger partial charge in [-0.1, -0.05) is 29.3 Å². The second-order valence-corrected chi connectivity index (χ2v) is 6.46. The van der Waals surface area contributed by atoms with Crippen molar-refractivity contribution in [2.45, 2.75) is 11.8 Å². The van der Waals surface area contributed by atoms with E-state index < -0.39 is 20.6 Å². The van der Waals surface area contributed by atoms with Crippen molar-refractivity contribution in [1.29, 1.82) is 0 Å². The Morgan fingerprint density at radius 2 is 1.73 bits per heavy atom. The second-order valence-electron chi connectivity index (χ2n) is 4.34. The van der Waals surface area contributed by atoms with E-state index in [2.05, 4.69) is 4.72 Å². The first kappa shape index (κ1) is 18.9. The first-order chi connectivity index (χ1) is 9.79. The first-order valence-electron chi connectivity index (χ1n) is 5.83. The molecule has 0 aromatic heterocycles. The molecule has 0 fully saturated rings. The smallest absolute Gasteiger partial charge is 0.273 e. The van der Waals surface area contributed by atoms with Crippen LogP contribution in [-0.2, 0) is 10.0 Å². The summed E-state index contributed by atoms with van der Waals surface area (Å²) in [5.74, 6) is 0. The van der Waals surface area contributed by atoms with Crippen LogP contribution in [0.2, 0.25) is 5.02 Å². The van der Waals surface area contributed by atoms with Crippen LogP contribution in [0.4, 0.5) is 11.4 Å². The number of hydrogen-bond acceptors (Lipinski definition) is 4. The topological polar surface area (TPSA) is 89.3 Å². The van der Waals surface area contributed by atoms with E-state index in [0.717, 1.165) is 11.6 Å². The van der Waals surface area contributed by atoms with Gasteiger partial charge in [0.05, 0.1) is 9.82 Å². The van der Waals surface area contributed by atoms with Gasteiger partial charge < -0.3 is 0 Å². The minimum absolute atomic E-state index is 0. The van der Waals surface area contributed by atoms with Crippen LogP contribution in [0, 0.1) is 17.0 Å². The molecule has 2 aromatic carbocycles. The largest absolute Gasteiger partial charge is 0.294 e. The van der Waals surface area contributed by atoms with Crippen molar-refractivity contribution in [2.24, 2.45) is 0 Å². The predicted molar refractivity (Wildman–Crippen MR) is 85.8 cm³/mol. The molecule has 0 saturated carbocycles. The van der Waals surface area contributed by atoms with Crippen LogP contribution in [0.1, 0.15) is 5.56 Å². The van der Waals surface area contributed by atoms with Crippen LogP contribution in [0.15, 0.2) is 47.4 Å². The van der Waals surface area contributed by atoms with Gasteiger partial charge in [-0.15, -0.1) is 0 Å². The van der Waals surface area contributed by atoms with Gasteiger partial charge in [0, 0.05) is 40.6 Å². The zero-order chi connectivity index (χ0) is 15.6. The molecule has 0 spiro atoms. The molecule has 0 amide bonds. The minimum atomic E-state index is -3.90. The maximum absolute atomic E-state index is 12.2. The molecule has 1 N–H and O–H groups in total. The second kappa shape index (κ2) is 7.43. The van der Waals surface area contributed by atoms with Crippen LogP contribution in [-0.4, -0.2) is 42.9 Å². The molecule has 22 heavy (non-hydrogen) atoms. The van der Waals surface area contributed by atoms with Crippen molar-refractivity contribution in [1.82, 2.24) is 0 Å². The van der Waals surface area contributed by atoms with Crippen LogP contribution in [0.3, 0.4) is 0 Å². The minimum Gasteiger partial charge on any atom is -0.273 e. The number of nitro benzene ring substituents is 1. The standard InChI is InChI=1S/C13H11ClN2O4S.Na/c1-9-2-5-11(6-3-9)21(19,20)15-12-7-4-10(14)8-13(12)16(17)18;/h2-8,15H,1H3;. The van der Waals surface area contributed by atoms with Gasteiger partial charge in [0.25, 0.3) is 15.7 Å². The average Bonchev–Trinajstić information content (AvgIpc) is 2.41. The Morgan fingerprint density at radius 3 is 2.27 bits per heavy atom. The number of anilines is 1. The summed E-state index contributed by atoms with van der Waals surface area (Å²) in [5.41, 5.74) is 0.370. The van der Waals surface area contributed by atoms with Gasteiger partial charge >= 0.3 is 0 Å². The quantitative estimate of drug-likeness (QED) is 0.522. The fraction of sp³-hybridized carbons (Fsp3) is 0.0769. The normalized spacial score (nSPS) is 10.6. The van der Waals surface area contributed by atoms with Crippen LogP contribution in [0.25, 0.3) is 0 Å². The third kappa shape index (κ3) is 4.44. The van der Waals surface area contributed by atoms with Gasteiger partial charge in [0.1, 0.15) is 5.69 Å². The van der Waals surface area contributed by atoms with Gasteiger partial charge in [0.2, 0.25) is 0 Å². The van der Waals surface area contributed by atoms with Crippen molar-refractivity contribution >= 4 is 62.6 Å². The third-order valence-corrected chi connectivity index (χ3v) is 4.35. The van der Waals surface area contributed by atoms with Crippen LogP contribution < -0.4 is 4.72 Å². The summed E-state index contributed by atoms with van der Waals surface area (Å²) in [6.45, 7) is 1.83. The molecule has 0 unspecified atom stereocenters. The molecule has 0 bridgehead atoms. The molecule has 0 aliphatic carbocycles. The molecule has 2 rings (SSSR count). The van der Waals surface area contributed by atoms with Crippen molar-refractivity contribution < 1.29 is 13.3 Å². The van der Waals surface area contributed by atoms with E-state index >= 15 is 0 Å². The van der Waals surface area contributed by atoms with Crippen molar-refractivity contribution in [3.63, 3.8) is 0 Å². The Balaban J connectivity index is 0.00000242. The Morgan fingerprint density at radius 1 is 1.14 bits per heavy atom. The van der Waals surface area contributed by atoms with E-state index in [1.807, 2.05) is 6.92 Å². The predicted octanol–water partition coefficient (Wildman–Crippen LogP) is 2.98. The van der Waals surface area contributed by atoms with E-state index in [1.54, 1.807) is 12.1 Å². The summed E-state index contributed by atoms with van der Waals surface area (Å²) in [6.07, 6.45) is 0. The summed E-state index contributed by atoms with van der Waals surface area (Å²) in [5, 5.41) is 11.1. The Kier molecular flexibility index (Phi) is 6.39. The van der Waals surface area contributed by atoms with Gasteiger partial charge in [-0.3, -0.25) is 14.8 Å². The summed E-state index contributed by atoms with van der Waals surface area (Å²) < 4.78 is 26.6. The van der Waals surface area contributed by atoms with E-state index in [1.165, 1.54) is 24.3 Å². The number of halogens is 1. The summed E-state index contributed by atoms with van der Waals surface area (Å²) in [7, 11) is -3.90. The zero-order valence-electron chi connectivity index (χ0n) is 11.9. The van der Waals surface area contributed by atoms with E-state index in [4.69, 9.17) is 11.6 Å². The molecule has 2 aromatic rings. The molecular weight excluding hydrogens is 339 g/mol. The maximum atomic E-state index is 12.2. The summed E-state index contributed by atoms with van der Waals surface area (Å²) >= 11 is 5.68. The molecular formula is C13H11ClN2NaO4S. The van der Waals surface area contributed by atoms with Crippen LogP contribution >= 0.6 is 11.6 Å². The van der Waals surface area contributed by atoms with Gasteiger partial charge in [-0.05, 0) is 31.2 Å². The van der Waals surface area contributed by atoms with E-state index in [0.29, 0.717) is 0 Å². The van der Waals surface area contributed by atoms with Gasteiger partial charge in [0.15, 0.2) is 0 Å². The van der Waals surface area contributed by atoms with Gasteiger partial charge in [-0.25, -0.2) is 8.42 Å². The number of aryl methyl sites for hydroxylation is 1. The fourth-order valence-corrected chi connectivity index (χ4v) is 2.90. The molecule has 111 valence electrons. The molecule has 6 nitrogen and oxygen atoms in total. The molecule has 0 aliphatic rings. The molecule has 0 atom stereocenters. The molecule has 1 radical (unpaired) electrons. The molecule has 0 heterocycles. The van der Waals surface area contributed by atoms with E-state index in [9.17, 15) is 18.5 Å². The summed E-state index contributed by atoms with van der Waals surface area (Å²) in [6, 6.07) is 9.87. The Labute approximate surface area is 155 Å². The van der Waals surface area contributed by atoms with Crippen LogP contribution in [0.5, 0.6) is 0 Å².